The van der Waals surface area contributed by atoms with Crippen molar-refractivity contribution in [2.75, 3.05) is 51.3 Å². The molecule has 4 aromatic carbocycles. The highest BCUT2D eigenvalue weighted by Crippen LogP contribution is 2.32. The van der Waals surface area contributed by atoms with Crippen molar-refractivity contribution in [1.82, 2.24) is 15.5 Å². The quantitative estimate of drug-likeness (QED) is 0.0946. The van der Waals surface area contributed by atoms with Crippen LogP contribution in [0.4, 0.5) is 14.5 Å². The number of halogens is 4. The van der Waals surface area contributed by atoms with Crippen LogP contribution in [0.15, 0.2) is 78.9 Å². The van der Waals surface area contributed by atoms with Gasteiger partial charge < -0.3 is 39.8 Å². The van der Waals surface area contributed by atoms with Gasteiger partial charge in [0.15, 0.2) is 18.5 Å². The first-order valence-electron chi connectivity index (χ1n) is 21.6. The highest BCUT2D eigenvalue weighted by atomic mass is 35.5. The van der Waals surface area contributed by atoms with Gasteiger partial charge in [0.2, 0.25) is 0 Å². The summed E-state index contributed by atoms with van der Waals surface area (Å²) in [6.45, 7) is 7.27. The Morgan fingerprint density at radius 2 is 1.43 bits per heavy atom. The minimum atomic E-state index is -0.580. The third kappa shape index (κ3) is 15.3. The van der Waals surface area contributed by atoms with Gasteiger partial charge in [-0.2, -0.15) is 0 Å². The zero-order valence-corrected chi connectivity index (χ0v) is 37.3. The second-order valence-electron chi connectivity index (χ2n) is 16.4. The summed E-state index contributed by atoms with van der Waals surface area (Å²) in [5.74, 6) is 1.47. The van der Waals surface area contributed by atoms with Gasteiger partial charge in [-0.1, -0.05) is 47.0 Å². The van der Waals surface area contributed by atoms with Gasteiger partial charge in [-0.05, 0) is 119 Å². The molecule has 1 aliphatic carbocycles. The van der Waals surface area contributed by atoms with Crippen LogP contribution in [0.3, 0.4) is 0 Å². The summed E-state index contributed by atoms with van der Waals surface area (Å²) in [6.07, 6.45) is 6.10. The van der Waals surface area contributed by atoms with Gasteiger partial charge in [-0.25, -0.2) is 8.78 Å². The molecule has 1 atom stereocenters. The van der Waals surface area contributed by atoms with E-state index in [0.29, 0.717) is 47.6 Å². The first-order chi connectivity index (χ1) is 30.4. The Bertz CT molecular complexity index is 2150. The lowest BCUT2D eigenvalue weighted by Gasteiger charge is -2.32. The minimum absolute atomic E-state index is 0.0131. The number of piperidine rings is 1. The molecular weight excluding hydrogens is 853 g/mol. The maximum atomic E-state index is 13.5. The number of anilines is 1. The van der Waals surface area contributed by atoms with Crippen LogP contribution in [0.25, 0.3) is 0 Å². The Morgan fingerprint density at radius 1 is 0.762 bits per heavy atom. The summed E-state index contributed by atoms with van der Waals surface area (Å²) in [4.78, 5) is 39.4. The molecule has 4 aromatic rings. The zero-order valence-electron chi connectivity index (χ0n) is 35.7. The number of ketones is 1. The molecular formula is C48H56Cl2F2N4O7. The monoisotopic (exact) mass is 908 g/mol. The molecule has 63 heavy (non-hydrogen) atoms. The second kappa shape index (κ2) is 23.5. The zero-order chi connectivity index (χ0) is 44.7. The lowest BCUT2D eigenvalue weighted by Crippen LogP contribution is -2.49. The summed E-state index contributed by atoms with van der Waals surface area (Å²) < 4.78 is 49.3. The second-order valence-corrected chi connectivity index (χ2v) is 17.2. The van der Waals surface area contributed by atoms with Crippen LogP contribution in [-0.2, 0) is 14.4 Å². The van der Waals surface area contributed by atoms with Gasteiger partial charge >= 0.3 is 0 Å². The molecule has 0 unspecified atom stereocenters. The molecule has 2 heterocycles. The van der Waals surface area contributed by atoms with Gasteiger partial charge in [-0.15, -0.1) is 0 Å². The predicted molar refractivity (Wildman–Crippen MR) is 240 cm³/mol. The molecule has 15 heteroatoms. The number of Topliss-reactive ketones (excluding diaryl/α,β-unsaturated/α-hetero) is 1. The van der Waals surface area contributed by atoms with Crippen molar-refractivity contribution in [3.8, 4) is 23.0 Å². The first kappa shape index (κ1) is 47.4. The molecule has 2 aliphatic heterocycles. The molecule has 0 radical (unpaired) electrons. The van der Waals surface area contributed by atoms with E-state index in [1.165, 1.54) is 18.2 Å². The molecule has 7 rings (SSSR count). The number of carbonyl (C=O) groups excluding carboxylic acids is 3. The summed E-state index contributed by atoms with van der Waals surface area (Å²) in [5, 5.41) is 9.92. The normalized spacial score (nSPS) is 18.6. The number of nitrogens with one attached hydrogen (secondary N) is 3. The largest absolute Gasteiger partial charge is 0.493 e. The maximum absolute atomic E-state index is 13.5. The van der Waals surface area contributed by atoms with Crippen molar-refractivity contribution >= 4 is 46.5 Å². The van der Waals surface area contributed by atoms with E-state index in [1.807, 2.05) is 31.2 Å². The fourth-order valence-corrected chi connectivity index (χ4v) is 7.99. The summed E-state index contributed by atoms with van der Waals surface area (Å²) in [7, 11) is 0. The summed E-state index contributed by atoms with van der Waals surface area (Å²) in [5.41, 5.74) is 2.57. The van der Waals surface area contributed by atoms with Crippen LogP contribution in [0.1, 0.15) is 62.5 Å². The molecule has 2 amide bonds. The number of ether oxygens (including phenoxy) is 4. The lowest BCUT2D eigenvalue weighted by atomic mass is 9.83. The Morgan fingerprint density at radius 3 is 2.16 bits per heavy atom. The average Bonchev–Trinajstić information content (AvgIpc) is 3.28. The highest BCUT2D eigenvalue weighted by molar-refractivity contribution is 6.31. The van der Waals surface area contributed by atoms with Crippen molar-refractivity contribution in [3.63, 3.8) is 0 Å². The molecule has 0 aromatic heterocycles. The van der Waals surface area contributed by atoms with Crippen molar-refractivity contribution in [2.45, 2.75) is 83.4 Å². The molecule has 0 bridgehead atoms. The number of rotatable bonds is 16. The molecule has 338 valence electrons. The SMILES string of the molecule is Cc1ccc(OCC(=O)CC2CCC(NC(=O)[C@@H]3CNc4cc(Cl)ccc4O3)CC2)cc1.Cc1ccc(OCCCN2CCC(NC(=O)COc3ccc(Cl)c(F)c3)CC2)cc1F. The van der Waals surface area contributed by atoms with E-state index in [4.69, 9.17) is 42.1 Å². The van der Waals surface area contributed by atoms with Crippen molar-refractivity contribution in [1.29, 1.82) is 0 Å². The summed E-state index contributed by atoms with van der Waals surface area (Å²) >= 11 is 11.6. The Hall–Kier alpha value is -5.11. The number of nitrogens with zero attached hydrogens (tertiary/aromatic N) is 1. The van der Waals surface area contributed by atoms with Gasteiger partial charge in [0.05, 0.1) is 23.9 Å². The van der Waals surface area contributed by atoms with Gasteiger partial charge in [0.1, 0.15) is 41.2 Å². The number of hydrogen-bond donors (Lipinski definition) is 3. The molecule has 0 spiro atoms. The molecule has 2 fully saturated rings. The number of likely N-dealkylation sites (tertiary alicyclic amines) is 1. The van der Waals surface area contributed by atoms with Crippen LogP contribution in [-0.4, -0.2) is 86.7 Å². The smallest absolute Gasteiger partial charge is 0.263 e. The number of hydrogen-bond acceptors (Lipinski definition) is 9. The van der Waals surface area contributed by atoms with Crippen LogP contribution in [0, 0.1) is 31.4 Å². The van der Waals surface area contributed by atoms with E-state index in [9.17, 15) is 23.2 Å². The van der Waals surface area contributed by atoms with Crippen molar-refractivity contribution in [3.05, 3.63) is 112 Å². The van der Waals surface area contributed by atoms with E-state index >= 15 is 0 Å². The molecule has 1 saturated heterocycles. The fourth-order valence-electron chi connectivity index (χ4n) is 7.70. The molecule has 3 aliphatic rings. The van der Waals surface area contributed by atoms with Gasteiger partial charge in [0, 0.05) is 55.3 Å². The Kier molecular flexibility index (Phi) is 17.7. The number of aryl methyl sites for hydroxylation is 2. The third-order valence-corrected chi connectivity index (χ3v) is 11.9. The number of carbonyl (C=O) groups is 3. The van der Waals surface area contributed by atoms with Crippen molar-refractivity contribution < 1.29 is 42.1 Å². The van der Waals surface area contributed by atoms with Crippen LogP contribution in [0.5, 0.6) is 23.0 Å². The van der Waals surface area contributed by atoms with E-state index in [-0.39, 0.29) is 59.5 Å². The molecule has 11 nitrogen and oxygen atoms in total. The van der Waals surface area contributed by atoms with E-state index in [0.717, 1.165) is 87.6 Å². The van der Waals surface area contributed by atoms with Gasteiger partial charge in [-0.3, -0.25) is 14.4 Å². The fraction of sp³-hybridized carbons (Fsp3) is 0.438. The van der Waals surface area contributed by atoms with Crippen LogP contribution >= 0.6 is 23.2 Å². The standard InChI is InChI=1S/C25H29ClN2O4.C23H27ClF2N2O3/c1-16-2-9-21(10-3-16)31-15-20(29)12-17-4-7-19(8-5-17)28-25(30)24-14-27-22-13-18(26)6-11-23(22)32-24;1-16-3-4-18(13-21(16)25)30-12-2-9-28-10-7-17(8-11-28)27-23(29)15-31-19-5-6-20(24)22(26)14-19/h2-3,6,9-11,13,17,19,24,27H,4-5,7-8,12,14-15H2,1H3,(H,28,30);3-6,13-14,17H,2,7-12,15H2,1H3,(H,27,29)/t17?,19?,24-;/m0./s1. The topological polar surface area (TPSA) is 127 Å². The Labute approximate surface area is 378 Å². The van der Waals surface area contributed by atoms with Crippen molar-refractivity contribution in [2.24, 2.45) is 5.92 Å². The molecule has 1 saturated carbocycles. The van der Waals surface area contributed by atoms with Crippen LogP contribution in [0.2, 0.25) is 10.0 Å². The van der Waals surface area contributed by atoms with E-state index < -0.39 is 11.9 Å². The number of amides is 2. The van der Waals surface area contributed by atoms with E-state index in [1.54, 1.807) is 37.3 Å². The third-order valence-electron chi connectivity index (χ3n) is 11.4. The van der Waals surface area contributed by atoms with Gasteiger partial charge in [0.25, 0.3) is 11.8 Å². The lowest BCUT2D eigenvalue weighted by molar-refractivity contribution is -0.129. The minimum Gasteiger partial charge on any atom is -0.493 e. The molecule has 3 N–H and O–H groups in total. The maximum Gasteiger partial charge on any atom is 0.263 e. The first-order valence-corrected chi connectivity index (χ1v) is 22.3. The number of benzene rings is 4. The Balaban J connectivity index is 0.000000210. The van der Waals surface area contributed by atoms with Crippen LogP contribution < -0.4 is 34.9 Å². The number of fused-ring (bicyclic) bond motifs is 1. The van der Waals surface area contributed by atoms with E-state index in [2.05, 4.69) is 20.9 Å². The average molecular weight is 910 g/mol. The summed E-state index contributed by atoms with van der Waals surface area (Å²) in [6, 6.07) is 22.2. The predicted octanol–water partition coefficient (Wildman–Crippen LogP) is 8.89. The highest BCUT2D eigenvalue weighted by Gasteiger charge is 2.30.